The number of likely N-dealkylation sites (N-methyl/N-ethyl adjacent to an activating group) is 2. The lowest BCUT2D eigenvalue weighted by Crippen LogP contribution is -2.45. The molecule has 0 heterocycles. The SMILES string of the molecule is CCNC(=NCCCCN(CC)CC)N(C)CC(=O)N(CC)CC. The Bertz CT molecular complexity index is 351. The number of nitrogens with zero attached hydrogens (tertiary/aromatic N) is 4. The van der Waals surface area contributed by atoms with Crippen LogP contribution >= 0.6 is 0 Å². The second-order valence-electron chi connectivity index (χ2n) is 5.89. The number of guanidine groups is 1. The summed E-state index contributed by atoms with van der Waals surface area (Å²) in [6.07, 6.45) is 2.23. The van der Waals surface area contributed by atoms with Gasteiger partial charge in [-0.1, -0.05) is 13.8 Å². The van der Waals surface area contributed by atoms with E-state index < -0.39 is 0 Å². The Balaban J connectivity index is 4.41. The van der Waals surface area contributed by atoms with Crippen molar-refractivity contribution in [2.75, 3.05) is 59.4 Å². The average molecular weight is 342 g/mol. The van der Waals surface area contributed by atoms with Crippen LogP contribution < -0.4 is 5.32 Å². The van der Waals surface area contributed by atoms with Crippen molar-refractivity contribution in [2.45, 2.75) is 47.5 Å². The predicted molar refractivity (Wildman–Crippen MR) is 104 cm³/mol. The van der Waals surface area contributed by atoms with E-state index in [1.165, 1.54) is 0 Å². The molecule has 1 N–H and O–H groups in total. The van der Waals surface area contributed by atoms with Crippen LogP contribution in [0.3, 0.4) is 0 Å². The van der Waals surface area contributed by atoms with Crippen molar-refractivity contribution in [1.29, 1.82) is 0 Å². The Morgan fingerprint density at radius 3 is 2.08 bits per heavy atom. The van der Waals surface area contributed by atoms with E-state index in [-0.39, 0.29) is 5.91 Å². The normalized spacial score (nSPS) is 11.7. The van der Waals surface area contributed by atoms with Gasteiger partial charge in [-0.25, -0.2) is 0 Å². The summed E-state index contributed by atoms with van der Waals surface area (Å²) in [5.74, 6) is 0.968. The molecule has 0 atom stereocenters. The lowest BCUT2D eigenvalue weighted by Gasteiger charge is -2.25. The lowest BCUT2D eigenvalue weighted by molar-refractivity contribution is -0.131. The maximum absolute atomic E-state index is 12.2. The molecular formula is C18H39N5O. The van der Waals surface area contributed by atoms with Gasteiger partial charge in [0.25, 0.3) is 0 Å². The predicted octanol–water partition coefficient (Wildman–Crippen LogP) is 1.87. The number of hydrogen-bond donors (Lipinski definition) is 1. The molecule has 0 radical (unpaired) electrons. The number of rotatable bonds is 12. The van der Waals surface area contributed by atoms with E-state index in [0.717, 1.165) is 64.6 Å². The highest BCUT2D eigenvalue weighted by atomic mass is 16.2. The Morgan fingerprint density at radius 1 is 0.958 bits per heavy atom. The zero-order valence-electron chi connectivity index (χ0n) is 16.8. The highest BCUT2D eigenvalue weighted by molar-refractivity contribution is 5.86. The number of hydrogen-bond acceptors (Lipinski definition) is 3. The third-order valence-electron chi connectivity index (χ3n) is 4.22. The van der Waals surface area contributed by atoms with Gasteiger partial charge in [0.15, 0.2) is 5.96 Å². The lowest BCUT2D eigenvalue weighted by atomic mass is 10.3. The molecule has 6 nitrogen and oxygen atoms in total. The average Bonchev–Trinajstić information content (AvgIpc) is 2.58. The number of aliphatic imine (C=N–C) groups is 1. The summed E-state index contributed by atoms with van der Waals surface area (Å²) in [6.45, 7) is 17.3. The maximum atomic E-state index is 12.2. The zero-order valence-corrected chi connectivity index (χ0v) is 16.8. The minimum Gasteiger partial charge on any atom is -0.357 e. The van der Waals surface area contributed by atoms with Crippen molar-refractivity contribution in [1.82, 2.24) is 20.0 Å². The molecule has 0 saturated carbocycles. The number of carbonyl (C=O) groups excluding carboxylic acids is 1. The smallest absolute Gasteiger partial charge is 0.242 e. The molecule has 0 aliphatic heterocycles. The van der Waals surface area contributed by atoms with Gasteiger partial charge in [0.1, 0.15) is 0 Å². The van der Waals surface area contributed by atoms with Crippen LogP contribution in [0.5, 0.6) is 0 Å². The number of amides is 1. The van der Waals surface area contributed by atoms with Gasteiger partial charge < -0.3 is 20.0 Å². The van der Waals surface area contributed by atoms with Crippen LogP contribution in [-0.2, 0) is 4.79 Å². The summed E-state index contributed by atoms with van der Waals surface area (Å²) in [5.41, 5.74) is 0. The largest absolute Gasteiger partial charge is 0.357 e. The van der Waals surface area contributed by atoms with Gasteiger partial charge in [-0.3, -0.25) is 9.79 Å². The van der Waals surface area contributed by atoms with Gasteiger partial charge >= 0.3 is 0 Å². The van der Waals surface area contributed by atoms with Crippen LogP contribution in [0.25, 0.3) is 0 Å². The van der Waals surface area contributed by atoms with Crippen molar-refractivity contribution in [3.8, 4) is 0 Å². The second kappa shape index (κ2) is 14.1. The van der Waals surface area contributed by atoms with E-state index in [0.29, 0.717) is 6.54 Å². The molecule has 0 aromatic carbocycles. The highest BCUT2D eigenvalue weighted by Crippen LogP contribution is 1.98. The summed E-state index contributed by atoms with van der Waals surface area (Å²) in [4.78, 5) is 23.1. The van der Waals surface area contributed by atoms with Crippen LogP contribution in [0, 0.1) is 0 Å². The molecule has 6 heteroatoms. The van der Waals surface area contributed by atoms with Gasteiger partial charge in [0, 0.05) is 33.2 Å². The maximum Gasteiger partial charge on any atom is 0.242 e. The molecule has 0 rings (SSSR count). The quantitative estimate of drug-likeness (QED) is 0.334. The van der Waals surface area contributed by atoms with Crippen molar-refractivity contribution >= 4 is 11.9 Å². The fourth-order valence-electron chi connectivity index (χ4n) is 2.60. The van der Waals surface area contributed by atoms with Crippen molar-refractivity contribution in [2.24, 2.45) is 4.99 Å². The molecular weight excluding hydrogens is 302 g/mol. The second-order valence-corrected chi connectivity index (χ2v) is 5.89. The molecule has 142 valence electrons. The van der Waals surface area contributed by atoms with E-state index in [1.807, 2.05) is 30.7 Å². The molecule has 0 saturated heterocycles. The number of nitrogens with one attached hydrogen (secondary N) is 1. The zero-order chi connectivity index (χ0) is 18.4. The summed E-state index contributed by atoms with van der Waals surface area (Å²) in [6, 6.07) is 0. The molecule has 24 heavy (non-hydrogen) atoms. The summed E-state index contributed by atoms with van der Waals surface area (Å²) in [7, 11) is 1.93. The molecule has 0 aromatic rings. The van der Waals surface area contributed by atoms with Crippen LogP contribution in [-0.4, -0.2) is 86.0 Å². The van der Waals surface area contributed by atoms with Gasteiger partial charge in [-0.15, -0.1) is 0 Å². The standard InChI is InChI=1S/C18H39N5O/c1-7-19-18(20-14-12-13-15-22(8-2)9-3)21(6)16-17(24)23(10-4)11-5/h7-16H2,1-6H3,(H,19,20). The minimum absolute atomic E-state index is 0.148. The Kier molecular flexibility index (Phi) is 13.3. The monoisotopic (exact) mass is 341 g/mol. The van der Waals surface area contributed by atoms with Gasteiger partial charge in [-0.2, -0.15) is 0 Å². The minimum atomic E-state index is 0.148. The highest BCUT2D eigenvalue weighted by Gasteiger charge is 2.14. The van der Waals surface area contributed by atoms with Crippen molar-refractivity contribution < 1.29 is 4.79 Å². The Labute approximate surface area is 149 Å². The van der Waals surface area contributed by atoms with Crippen molar-refractivity contribution in [3.05, 3.63) is 0 Å². The molecule has 0 fully saturated rings. The molecule has 0 aliphatic carbocycles. The van der Waals surface area contributed by atoms with E-state index >= 15 is 0 Å². The third-order valence-corrected chi connectivity index (χ3v) is 4.22. The summed E-state index contributed by atoms with van der Waals surface area (Å²) in [5, 5.41) is 3.28. The van der Waals surface area contributed by atoms with Crippen LogP contribution in [0.15, 0.2) is 4.99 Å². The first-order chi connectivity index (χ1) is 11.5. The molecule has 0 unspecified atom stereocenters. The summed E-state index contributed by atoms with van der Waals surface area (Å²) >= 11 is 0. The van der Waals surface area contributed by atoms with Crippen LogP contribution in [0.4, 0.5) is 0 Å². The first-order valence-electron chi connectivity index (χ1n) is 9.53. The third kappa shape index (κ3) is 9.11. The molecule has 0 aromatic heterocycles. The van der Waals surface area contributed by atoms with E-state index in [4.69, 9.17) is 0 Å². The number of carbonyl (C=O) groups is 1. The van der Waals surface area contributed by atoms with Crippen LogP contribution in [0.2, 0.25) is 0 Å². The van der Waals surface area contributed by atoms with Gasteiger partial charge in [0.2, 0.25) is 5.91 Å². The van der Waals surface area contributed by atoms with Crippen LogP contribution in [0.1, 0.15) is 47.5 Å². The topological polar surface area (TPSA) is 51.2 Å². The number of unbranched alkanes of at least 4 members (excludes halogenated alkanes) is 1. The van der Waals surface area contributed by atoms with Crippen molar-refractivity contribution in [3.63, 3.8) is 0 Å². The van der Waals surface area contributed by atoms with Gasteiger partial charge in [-0.05, 0) is 53.2 Å². The fraction of sp³-hybridized carbons (Fsp3) is 0.889. The molecule has 0 spiro atoms. The van der Waals surface area contributed by atoms with E-state index in [9.17, 15) is 4.79 Å². The van der Waals surface area contributed by atoms with Gasteiger partial charge in [0.05, 0.1) is 6.54 Å². The molecule has 0 aliphatic rings. The first-order valence-corrected chi connectivity index (χ1v) is 9.53. The molecule has 1 amide bonds. The Morgan fingerprint density at radius 2 is 1.58 bits per heavy atom. The first kappa shape index (κ1) is 22.7. The fourth-order valence-corrected chi connectivity index (χ4v) is 2.60. The summed E-state index contributed by atoms with van der Waals surface area (Å²) < 4.78 is 0. The van der Waals surface area contributed by atoms with E-state index in [2.05, 4.69) is 36.0 Å². The molecule has 0 bridgehead atoms. The van der Waals surface area contributed by atoms with E-state index in [1.54, 1.807) is 0 Å². The Hall–Kier alpha value is -1.30.